The van der Waals surface area contributed by atoms with E-state index in [9.17, 15) is 44.3 Å². The summed E-state index contributed by atoms with van der Waals surface area (Å²) in [6.45, 7) is 1.89. The minimum Gasteiger partial charge on any atom is -0.423 e. The summed E-state index contributed by atoms with van der Waals surface area (Å²) in [4.78, 5) is 12.1. The van der Waals surface area contributed by atoms with Gasteiger partial charge in [0, 0.05) is 0 Å². The minimum absolute atomic E-state index is 0.197. The molecule has 30 heavy (non-hydrogen) atoms. The van der Waals surface area contributed by atoms with Gasteiger partial charge in [0.05, 0.1) is 22.3 Å². The Morgan fingerprint density at radius 3 is 1.63 bits per heavy atom. The Hall–Kier alpha value is -2.72. The van der Waals surface area contributed by atoms with E-state index in [1.807, 2.05) is 6.92 Å². The van der Waals surface area contributed by atoms with Crippen molar-refractivity contribution >= 4 is 5.97 Å². The van der Waals surface area contributed by atoms with E-state index in [-0.39, 0.29) is 17.7 Å². The van der Waals surface area contributed by atoms with Gasteiger partial charge >= 0.3 is 24.5 Å². The third kappa shape index (κ3) is 5.45. The van der Waals surface area contributed by atoms with Crippen molar-refractivity contribution in [2.24, 2.45) is 0 Å². The predicted octanol–water partition coefficient (Wildman–Crippen LogP) is 6.91. The molecule has 2 rings (SSSR count). The average Bonchev–Trinajstić information content (AvgIpc) is 2.59. The number of carbonyl (C=O) groups excluding carboxylic acids is 1. The molecule has 164 valence electrons. The highest BCUT2D eigenvalue weighted by Gasteiger charge is 2.50. The highest BCUT2D eigenvalue weighted by atomic mass is 19.4. The zero-order valence-corrected chi connectivity index (χ0v) is 15.1. The van der Waals surface area contributed by atoms with Crippen LogP contribution in [-0.4, -0.2) is 5.97 Å². The number of carbonyl (C=O) groups is 1. The summed E-state index contributed by atoms with van der Waals surface area (Å²) >= 11 is 0. The van der Waals surface area contributed by atoms with Gasteiger partial charge in [-0.2, -0.15) is 39.5 Å². The van der Waals surface area contributed by atoms with E-state index in [0.717, 1.165) is 12.0 Å². The summed E-state index contributed by atoms with van der Waals surface area (Å²) in [6, 6.07) is 4.95. The number of halogens is 9. The molecule has 0 saturated heterocycles. The highest BCUT2D eigenvalue weighted by Crippen LogP contribution is 2.48. The molecule has 0 fully saturated rings. The van der Waals surface area contributed by atoms with E-state index in [1.165, 1.54) is 24.3 Å². The summed E-state index contributed by atoms with van der Waals surface area (Å²) in [6.07, 6.45) is -16.1. The Balaban J connectivity index is 2.54. The second kappa shape index (κ2) is 8.19. The minimum atomic E-state index is -5.95. The number of alkyl halides is 9. The summed E-state index contributed by atoms with van der Waals surface area (Å²) in [5, 5.41) is 0. The summed E-state index contributed by atoms with van der Waals surface area (Å²) in [7, 11) is 0. The molecule has 0 aromatic heterocycles. The van der Waals surface area contributed by atoms with Crippen LogP contribution in [0.1, 0.15) is 46.0 Å². The van der Waals surface area contributed by atoms with Gasteiger partial charge < -0.3 is 4.74 Å². The van der Waals surface area contributed by atoms with E-state index in [1.54, 1.807) is 0 Å². The zero-order valence-electron chi connectivity index (χ0n) is 15.1. The van der Waals surface area contributed by atoms with Crippen LogP contribution in [0, 0.1) is 0 Å². The van der Waals surface area contributed by atoms with Crippen LogP contribution in [0.4, 0.5) is 39.5 Å². The second-order valence-corrected chi connectivity index (χ2v) is 6.22. The fourth-order valence-electron chi connectivity index (χ4n) is 2.69. The number of hydrogen-bond acceptors (Lipinski definition) is 2. The molecule has 0 radical (unpaired) electrons. The normalized spacial score (nSPS) is 12.7. The molecule has 0 N–H and O–H groups in total. The van der Waals surface area contributed by atoms with Crippen molar-refractivity contribution in [1.82, 2.24) is 0 Å². The lowest BCUT2D eigenvalue weighted by atomic mass is 9.98. The topological polar surface area (TPSA) is 26.3 Å². The van der Waals surface area contributed by atoms with Crippen molar-refractivity contribution in [3.05, 3.63) is 64.2 Å². The Morgan fingerprint density at radius 1 is 0.800 bits per heavy atom. The zero-order chi connectivity index (χ0) is 22.9. The van der Waals surface area contributed by atoms with Crippen molar-refractivity contribution in [2.75, 3.05) is 0 Å². The molecule has 0 aliphatic carbocycles. The lowest BCUT2D eigenvalue weighted by Crippen LogP contribution is -2.23. The third-order valence-corrected chi connectivity index (χ3v) is 3.95. The average molecular weight is 444 g/mol. The smallest absolute Gasteiger partial charge is 0.417 e. The van der Waals surface area contributed by atoms with E-state index < -0.39 is 46.9 Å². The van der Waals surface area contributed by atoms with Gasteiger partial charge in [-0.15, -0.1) is 0 Å². The lowest BCUT2D eigenvalue weighted by molar-refractivity contribution is -0.174. The van der Waals surface area contributed by atoms with Crippen molar-refractivity contribution < 1.29 is 49.0 Å². The quantitative estimate of drug-likeness (QED) is 0.291. The van der Waals surface area contributed by atoms with Crippen LogP contribution >= 0.6 is 0 Å². The van der Waals surface area contributed by atoms with Gasteiger partial charge in [0.2, 0.25) is 0 Å². The SMILES string of the molecule is CCCc1ccc(C(=O)Oc2cc(C(F)(F)F)c(C(F)(F)F)c(C(F)(F)F)c2)cc1. The number of rotatable bonds is 4. The molecule has 2 aromatic carbocycles. The van der Waals surface area contributed by atoms with Crippen LogP contribution in [0.25, 0.3) is 0 Å². The maximum atomic E-state index is 13.1. The number of esters is 1. The van der Waals surface area contributed by atoms with Crippen LogP contribution in [0.15, 0.2) is 36.4 Å². The van der Waals surface area contributed by atoms with Gasteiger partial charge in [0.15, 0.2) is 0 Å². The summed E-state index contributed by atoms with van der Waals surface area (Å²) < 4.78 is 122. The Labute approximate surface area is 164 Å². The molecule has 0 bridgehead atoms. The Bertz CT molecular complexity index is 873. The van der Waals surface area contributed by atoms with Crippen LogP contribution in [0.2, 0.25) is 0 Å². The summed E-state index contributed by atoms with van der Waals surface area (Å²) in [5.74, 6) is -2.63. The largest absolute Gasteiger partial charge is 0.423 e. The number of ether oxygens (including phenoxy) is 1. The van der Waals surface area contributed by atoms with Gasteiger partial charge in [0.1, 0.15) is 5.75 Å². The monoisotopic (exact) mass is 444 g/mol. The van der Waals surface area contributed by atoms with Gasteiger partial charge in [-0.3, -0.25) is 0 Å². The van der Waals surface area contributed by atoms with Gasteiger partial charge in [-0.25, -0.2) is 4.79 Å². The number of aryl methyl sites for hydroxylation is 1. The fourth-order valence-corrected chi connectivity index (χ4v) is 2.69. The Kier molecular flexibility index (Phi) is 6.43. The van der Waals surface area contributed by atoms with Crippen molar-refractivity contribution in [3.8, 4) is 5.75 Å². The van der Waals surface area contributed by atoms with Crippen LogP contribution in [0.3, 0.4) is 0 Å². The molecule has 11 heteroatoms. The number of benzene rings is 2. The van der Waals surface area contributed by atoms with Gasteiger partial charge in [-0.1, -0.05) is 25.5 Å². The molecule has 0 aliphatic heterocycles. The third-order valence-electron chi connectivity index (χ3n) is 3.95. The molecule has 0 unspecified atom stereocenters. The number of hydrogen-bond donors (Lipinski definition) is 0. The van der Waals surface area contributed by atoms with Crippen LogP contribution < -0.4 is 4.74 Å². The maximum Gasteiger partial charge on any atom is 0.417 e. The molecule has 2 aromatic rings. The predicted molar refractivity (Wildman–Crippen MR) is 86.8 cm³/mol. The van der Waals surface area contributed by atoms with Crippen molar-refractivity contribution in [1.29, 1.82) is 0 Å². The molecule has 0 atom stereocenters. The molecule has 0 amide bonds. The molecule has 0 saturated carbocycles. The molecular formula is C19H13F9O2. The lowest BCUT2D eigenvalue weighted by Gasteiger charge is -2.21. The van der Waals surface area contributed by atoms with Crippen molar-refractivity contribution in [3.63, 3.8) is 0 Å². The van der Waals surface area contributed by atoms with E-state index in [2.05, 4.69) is 4.74 Å². The van der Waals surface area contributed by atoms with Gasteiger partial charge in [-0.05, 0) is 36.2 Å². The first-order chi connectivity index (χ1) is 13.6. The maximum absolute atomic E-state index is 13.1. The van der Waals surface area contributed by atoms with E-state index >= 15 is 0 Å². The molecule has 0 spiro atoms. The fraction of sp³-hybridized carbons (Fsp3) is 0.316. The van der Waals surface area contributed by atoms with Crippen LogP contribution in [0.5, 0.6) is 5.75 Å². The van der Waals surface area contributed by atoms with Crippen LogP contribution in [-0.2, 0) is 24.9 Å². The van der Waals surface area contributed by atoms with Crippen molar-refractivity contribution in [2.45, 2.75) is 38.3 Å². The standard InChI is InChI=1S/C19H13F9O2/c1-2-3-10-4-6-11(7-5-10)16(29)30-12-8-13(17(20,21)22)15(19(26,27)28)14(9-12)18(23,24)25/h4-9H,2-3H2,1H3. The summed E-state index contributed by atoms with van der Waals surface area (Å²) in [5.41, 5.74) is -7.48. The molecule has 0 heterocycles. The molecule has 2 nitrogen and oxygen atoms in total. The highest BCUT2D eigenvalue weighted by molar-refractivity contribution is 5.91. The second-order valence-electron chi connectivity index (χ2n) is 6.22. The molecular weight excluding hydrogens is 431 g/mol. The molecule has 0 aliphatic rings. The van der Waals surface area contributed by atoms with E-state index in [4.69, 9.17) is 0 Å². The first-order valence-electron chi connectivity index (χ1n) is 8.35. The first kappa shape index (κ1) is 23.6. The van der Waals surface area contributed by atoms with Gasteiger partial charge in [0.25, 0.3) is 0 Å². The van der Waals surface area contributed by atoms with E-state index in [0.29, 0.717) is 6.42 Å². The first-order valence-corrected chi connectivity index (χ1v) is 8.35. The Morgan fingerprint density at radius 2 is 1.27 bits per heavy atom.